The van der Waals surface area contributed by atoms with Crippen LogP contribution in [0.15, 0.2) is 46.9 Å². The Morgan fingerprint density at radius 3 is 2.38 bits per heavy atom. The van der Waals surface area contributed by atoms with Gasteiger partial charge in [0.2, 0.25) is 0 Å². The van der Waals surface area contributed by atoms with E-state index in [0.29, 0.717) is 28.2 Å². The quantitative estimate of drug-likeness (QED) is 0.554. The van der Waals surface area contributed by atoms with Gasteiger partial charge in [-0.05, 0) is 29.8 Å². The van der Waals surface area contributed by atoms with Crippen molar-refractivity contribution in [3.63, 3.8) is 0 Å². The summed E-state index contributed by atoms with van der Waals surface area (Å²) in [6.07, 6.45) is -4.80. The summed E-state index contributed by atoms with van der Waals surface area (Å²) in [6, 6.07) is 8.60. The first-order valence-corrected chi connectivity index (χ1v) is 6.71. The molecule has 0 saturated carbocycles. The largest absolute Gasteiger partial charge is 0.416 e. The molecule has 0 heterocycles. The molecule has 2 aromatic carbocycles. The van der Waals surface area contributed by atoms with Gasteiger partial charge in [-0.3, -0.25) is 4.79 Å². The fourth-order valence-electron chi connectivity index (χ4n) is 1.83. The second-order valence-corrected chi connectivity index (χ2v) is 5.24. The molecule has 0 unspecified atom stereocenters. The van der Waals surface area contributed by atoms with Crippen LogP contribution in [0.1, 0.15) is 21.5 Å². The molecule has 0 fully saturated rings. The van der Waals surface area contributed by atoms with E-state index in [1.165, 1.54) is 0 Å². The van der Waals surface area contributed by atoms with Crippen molar-refractivity contribution in [1.29, 1.82) is 0 Å². The van der Waals surface area contributed by atoms with Crippen molar-refractivity contribution in [2.75, 3.05) is 0 Å². The van der Waals surface area contributed by atoms with Crippen LogP contribution in [0.25, 0.3) is 0 Å². The molecule has 0 aromatic heterocycles. The molecule has 6 heteroatoms. The van der Waals surface area contributed by atoms with Crippen LogP contribution in [0.2, 0.25) is 0 Å². The standard InChI is InChI=1S/C15H9BrF4O/c16-12-4-2-1-3-9(12)7-14(21)11-8-10(15(18,19)20)5-6-13(11)17/h1-6,8H,7H2. The number of rotatable bonds is 3. The van der Waals surface area contributed by atoms with Crippen molar-refractivity contribution in [3.8, 4) is 0 Å². The molecule has 0 N–H and O–H groups in total. The molecule has 0 saturated heterocycles. The molecule has 1 nitrogen and oxygen atoms in total. The van der Waals surface area contributed by atoms with Crippen molar-refractivity contribution in [2.45, 2.75) is 12.6 Å². The summed E-state index contributed by atoms with van der Waals surface area (Å²) >= 11 is 3.24. The highest BCUT2D eigenvalue weighted by Crippen LogP contribution is 2.30. The molecule has 0 radical (unpaired) electrons. The topological polar surface area (TPSA) is 17.1 Å². The number of hydrogen-bond donors (Lipinski definition) is 0. The number of hydrogen-bond acceptors (Lipinski definition) is 1. The minimum Gasteiger partial charge on any atom is -0.294 e. The Bertz CT molecular complexity index is 680. The van der Waals surface area contributed by atoms with Gasteiger partial charge in [-0.25, -0.2) is 4.39 Å². The number of alkyl halides is 3. The first-order chi connectivity index (χ1) is 9.79. The van der Waals surface area contributed by atoms with Crippen molar-refractivity contribution in [3.05, 3.63) is 69.4 Å². The second-order valence-electron chi connectivity index (χ2n) is 4.38. The van der Waals surface area contributed by atoms with Gasteiger partial charge in [0.05, 0.1) is 11.1 Å². The van der Waals surface area contributed by atoms with Gasteiger partial charge in [-0.15, -0.1) is 0 Å². The number of carbonyl (C=O) groups excluding carboxylic acids is 1. The van der Waals surface area contributed by atoms with E-state index in [0.717, 1.165) is 0 Å². The molecule has 21 heavy (non-hydrogen) atoms. The first-order valence-electron chi connectivity index (χ1n) is 5.92. The predicted molar refractivity (Wildman–Crippen MR) is 73.6 cm³/mol. The lowest BCUT2D eigenvalue weighted by Crippen LogP contribution is -2.11. The summed E-state index contributed by atoms with van der Waals surface area (Å²) in [7, 11) is 0. The molecule has 2 rings (SSSR count). The van der Waals surface area contributed by atoms with E-state index in [4.69, 9.17) is 0 Å². The number of benzene rings is 2. The van der Waals surface area contributed by atoms with Crippen LogP contribution < -0.4 is 0 Å². The summed E-state index contributed by atoms with van der Waals surface area (Å²) in [5, 5.41) is 0. The zero-order valence-corrected chi connectivity index (χ0v) is 12.1. The van der Waals surface area contributed by atoms with Gasteiger partial charge in [0.1, 0.15) is 5.82 Å². The van der Waals surface area contributed by atoms with Crippen LogP contribution in [-0.2, 0) is 12.6 Å². The Balaban J connectivity index is 2.33. The number of halogens is 5. The van der Waals surface area contributed by atoms with Crippen LogP contribution in [0.4, 0.5) is 17.6 Å². The second kappa shape index (κ2) is 5.97. The van der Waals surface area contributed by atoms with E-state index in [-0.39, 0.29) is 6.42 Å². The SMILES string of the molecule is O=C(Cc1ccccc1Br)c1cc(C(F)(F)F)ccc1F. The number of ketones is 1. The van der Waals surface area contributed by atoms with Crippen molar-refractivity contribution >= 4 is 21.7 Å². The molecule has 0 aliphatic heterocycles. The Labute approximate surface area is 126 Å². The van der Waals surface area contributed by atoms with E-state index >= 15 is 0 Å². The smallest absolute Gasteiger partial charge is 0.294 e. The average molecular weight is 361 g/mol. The summed E-state index contributed by atoms with van der Waals surface area (Å²) in [5.74, 6) is -1.66. The summed E-state index contributed by atoms with van der Waals surface area (Å²) in [5.41, 5.74) is -1.01. The lowest BCUT2D eigenvalue weighted by molar-refractivity contribution is -0.137. The molecular formula is C15H9BrF4O. The molecule has 2 aromatic rings. The van der Waals surface area contributed by atoms with Gasteiger partial charge in [0.25, 0.3) is 0 Å². The zero-order chi connectivity index (χ0) is 15.6. The van der Waals surface area contributed by atoms with E-state index in [1.54, 1.807) is 24.3 Å². The Morgan fingerprint density at radius 1 is 1.10 bits per heavy atom. The van der Waals surface area contributed by atoms with Crippen LogP contribution in [0.5, 0.6) is 0 Å². The van der Waals surface area contributed by atoms with Crippen LogP contribution in [-0.4, -0.2) is 5.78 Å². The van der Waals surface area contributed by atoms with Crippen molar-refractivity contribution in [1.82, 2.24) is 0 Å². The van der Waals surface area contributed by atoms with E-state index < -0.39 is 28.9 Å². The molecule has 0 atom stereocenters. The maximum Gasteiger partial charge on any atom is 0.416 e. The zero-order valence-electron chi connectivity index (χ0n) is 10.5. The summed E-state index contributed by atoms with van der Waals surface area (Å²) in [6.45, 7) is 0. The van der Waals surface area contributed by atoms with E-state index in [1.807, 2.05) is 0 Å². The van der Waals surface area contributed by atoms with Gasteiger partial charge in [-0.1, -0.05) is 34.1 Å². The number of Topliss-reactive ketones (excluding diaryl/α,β-unsaturated/α-hetero) is 1. The maximum absolute atomic E-state index is 13.6. The van der Waals surface area contributed by atoms with Gasteiger partial charge < -0.3 is 0 Å². The highest BCUT2D eigenvalue weighted by Gasteiger charge is 2.31. The van der Waals surface area contributed by atoms with Crippen LogP contribution >= 0.6 is 15.9 Å². The maximum atomic E-state index is 13.6. The Morgan fingerprint density at radius 2 is 1.76 bits per heavy atom. The van der Waals surface area contributed by atoms with E-state index in [2.05, 4.69) is 15.9 Å². The lowest BCUT2D eigenvalue weighted by atomic mass is 10.0. The normalized spacial score (nSPS) is 11.5. The summed E-state index contributed by atoms with van der Waals surface area (Å²) in [4.78, 5) is 12.0. The monoisotopic (exact) mass is 360 g/mol. The van der Waals surface area contributed by atoms with Crippen molar-refractivity contribution in [2.24, 2.45) is 0 Å². The van der Waals surface area contributed by atoms with Gasteiger partial charge >= 0.3 is 6.18 Å². The predicted octanol–water partition coefficient (Wildman–Crippen LogP) is 5.03. The van der Waals surface area contributed by atoms with Gasteiger partial charge in [-0.2, -0.15) is 13.2 Å². The highest BCUT2D eigenvalue weighted by molar-refractivity contribution is 9.10. The molecule has 0 aliphatic carbocycles. The minimum absolute atomic E-state index is 0.181. The molecule has 0 spiro atoms. The minimum atomic E-state index is -4.62. The molecular weight excluding hydrogens is 352 g/mol. The lowest BCUT2D eigenvalue weighted by Gasteiger charge is -2.10. The molecule has 0 amide bonds. The fraction of sp³-hybridized carbons (Fsp3) is 0.133. The third-order valence-corrected chi connectivity index (χ3v) is 3.68. The molecule has 110 valence electrons. The van der Waals surface area contributed by atoms with Crippen molar-refractivity contribution < 1.29 is 22.4 Å². The Kier molecular flexibility index (Phi) is 4.46. The average Bonchev–Trinajstić information content (AvgIpc) is 2.40. The van der Waals surface area contributed by atoms with Gasteiger partial charge in [0, 0.05) is 10.9 Å². The third-order valence-electron chi connectivity index (χ3n) is 2.90. The van der Waals surface area contributed by atoms with E-state index in [9.17, 15) is 22.4 Å². The van der Waals surface area contributed by atoms with Crippen LogP contribution in [0, 0.1) is 5.82 Å². The highest BCUT2D eigenvalue weighted by atomic mass is 79.9. The first kappa shape index (κ1) is 15.7. The van der Waals surface area contributed by atoms with Gasteiger partial charge in [0.15, 0.2) is 5.78 Å². The Hall–Kier alpha value is -1.69. The third kappa shape index (κ3) is 3.69. The fourth-order valence-corrected chi connectivity index (χ4v) is 2.25. The molecule has 0 aliphatic rings. The summed E-state index contributed by atoms with van der Waals surface area (Å²) < 4.78 is 52.1. The molecule has 0 bridgehead atoms. The number of carbonyl (C=O) groups is 1. The van der Waals surface area contributed by atoms with Crippen LogP contribution in [0.3, 0.4) is 0 Å².